The Kier molecular flexibility index (Phi) is 1.93. The van der Waals surface area contributed by atoms with E-state index in [-0.39, 0.29) is 24.2 Å². The third-order valence-electron chi connectivity index (χ3n) is 3.63. The Morgan fingerprint density at radius 3 is 2.08 bits per heavy atom. The second kappa shape index (κ2) is 2.76. The highest BCUT2D eigenvalue weighted by Crippen LogP contribution is 2.56. The van der Waals surface area contributed by atoms with Gasteiger partial charge in [0.1, 0.15) is 6.29 Å². The van der Waals surface area contributed by atoms with E-state index in [1.165, 1.54) is 0 Å². The topological polar surface area (TPSA) is 17.1 Å². The van der Waals surface area contributed by atoms with Gasteiger partial charge in [-0.1, -0.05) is 0 Å². The quantitative estimate of drug-likeness (QED) is 0.578. The fraction of sp³-hybridized carbons (Fsp3) is 0.900. The molecule has 0 unspecified atom stereocenters. The van der Waals surface area contributed by atoms with E-state index in [2.05, 4.69) is 0 Å². The fourth-order valence-corrected chi connectivity index (χ4v) is 2.70. The normalized spacial score (nSPS) is 31.2. The minimum absolute atomic E-state index is 0.0264. The third-order valence-corrected chi connectivity index (χ3v) is 3.63. The van der Waals surface area contributed by atoms with Crippen LogP contribution in [0.25, 0.3) is 0 Å². The summed E-state index contributed by atoms with van der Waals surface area (Å²) in [5.74, 6) is -2.27. The van der Waals surface area contributed by atoms with E-state index in [0.29, 0.717) is 12.8 Å². The smallest absolute Gasteiger partial charge is 0.248 e. The maximum absolute atomic E-state index is 12.8. The second-order valence-corrected chi connectivity index (χ2v) is 4.66. The van der Waals surface area contributed by atoms with Crippen molar-refractivity contribution in [2.75, 3.05) is 0 Å². The molecule has 13 heavy (non-hydrogen) atoms. The summed E-state index contributed by atoms with van der Waals surface area (Å²) in [7, 11) is 0. The fourth-order valence-electron chi connectivity index (χ4n) is 2.70. The molecule has 0 aromatic rings. The lowest BCUT2D eigenvalue weighted by molar-refractivity contribution is -0.127. The molecule has 0 heterocycles. The monoisotopic (exact) mass is 188 g/mol. The van der Waals surface area contributed by atoms with E-state index in [1.54, 1.807) is 0 Å². The first-order valence-electron chi connectivity index (χ1n) is 4.88. The molecule has 0 aromatic carbocycles. The van der Waals surface area contributed by atoms with Crippen LogP contribution in [0.2, 0.25) is 0 Å². The number of carbonyl (C=O) groups excluding carboxylic acids is 1. The van der Waals surface area contributed by atoms with Crippen LogP contribution >= 0.6 is 0 Å². The van der Waals surface area contributed by atoms with E-state index in [4.69, 9.17) is 0 Å². The number of alkyl halides is 2. The molecule has 2 saturated carbocycles. The van der Waals surface area contributed by atoms with Gasteiger partial charge in [-0.25, -0.2) is 8.78 Å². The van der Waals surface area contributed by atoms with Crippen LogP contribution in [-0.4, -0.2) is 12.2 Å². The summed E-state index contributed by atoms with van der Waals surface area (Å²) in [4.78, 5) is 10.4. The maximum Gasteiger partial charge on any atom is 0.248 e. The van der Waals surface area contributed by atoms with Crippen LogP contribution in [0.4, 0.5) is 8.78 Å². The summed E-state index contributed by atoms with van der Waals surface area (Å²) in [6, 6.07) is 0. The molecule has 0 aliphatic heterocycles. The van der Waals surface area contributed by atoms with Gasteiger partial charge in [0.2, 0.25) is 5.92 Å². The minimum atomic E-state index is -2.43. The van der Waals surface area contributed by atoms with Gasteiger partial charge in [0.15, 0.2) is 0 Å². The van der Waals surface area contributed by atoms with E-state index in [1.807, 2.05) is 0 Å². The highest BCUT2D eigenvalue weighted by molar-refractivity contribution is 5.55. The molecule has 2 aliphatic rings. The van der Waals surface area contributed by atoms with E-state index in [9.17, 15) is 13.6 Å². The lowest BCUT2D eigenvalue weighted by Gasteiger charge is -2.49. The molecule has 0 N–H and O–H groups in total. The first-order valence-corrected chi connectivity index (χ1v) is 4.88. The van der Waals surface area contributed by atoms with Gasteiger partial charge in [-0.15, -0.1) is 0 Å². The Morgan fingerprint density at radius 1 is 1.08 bits per heavy atom. The minimum Gasteiger partial charge on any atom is -0.303 e. The van der Waals surface area contributed by atoms with E-state index >= 15 is 0 Å². The SMILES string of the molecule is O=CC1CC2(CCC(F)(F)CC2)C1. The average molecular weight is 188 g/mol. The Balaban J connectivity index is 1.89. The van der Waals surface area contributed by atoms with Crippen molar-refractivity contribution < 1.29 is 13.6 Å². The van der Waals surface area contributed by atoms with Gasteiger partial charge in [-0.2, -0.15) is 0 Å². The van der Waals surface area contributed by atoms with E-state index < -0.39 is 5.92 Å². The molecule has 1 spiro atoms. The molecule has 1 nitrogen and oxygen atoms in total. The molecule has 0 saturated heterocycles. The van der Waals surface area contributed by atoms with E-state index in [0.717, 1.165) is 19.1 Å². The summed E-state index contributed by atoms with van der Waals surface area (Å²) in [6.45, 7) is 0. The zero-order valence-corrected chi connectivity index (χ0v) is 7.56. The van der Waals surface area contributed by atoms with Gasteiger partial charge in [-0.05, 0) is 31.1 Å². The molecule has 0 aromatic heterocycles. The molecule has 0 atom stereocenters. The van der Waals surface area contributed by atoms with Crippen molar-refractivity contribution in [3.8, 4) is 0 Å². The van der Waals surface area contributed by atoms with Gasteiger partial charge >= 0.3 is 0 Å². The summed E-state index contributed by atoms with van der Waals surface area (Å²) in [5.41, 5.74) is 0.118. The van der Waals surface area contributed by atoms with Crippen molar-refractivity contribution >= 4 is 6.29 Å². The number of halogens is 2. The predicted octanol–water partition coefficient (Wildman–Crippen LogP) is 2.79. The molecule has 0 amide bonds. The first-order chi connectivity index (χ1) is 6.05. The molecule has 2 fully saturated rings. The van der Waals surface area contributed by atoms with Crippen molar-refractivity contribution in [1.29, 1.82) is 0 Å². The second-order valence-electron chi connectivity index (χ2n) is 4.66. The van der Waals surface area contributed by atoms with Crippen LogP contribution in [0.3, 0.4) is 0 Å². The molecular formula is C10H14F2O. The zero-order chi connectivity index (χ0) is 9.53. The summed E-state index contributed by atoms with van der Waals surface area (Å²) in [6.07, 6.45) is 3.96. The first kappa shape index (κ1) is 9.10. The van der Waals surface area contributed by atoms with Crippen LogP contribution in [0.15, 0.2) is 0 Å². The zero-order valence-electron chi connectivity index (χ0n) is 7.56. The molecule has 0 radical (unpaired) electrons. The van der Waals surface area contributed by atoms with Gasteiger partial charge in [0, 0.05) is 18.8 Å². The molecule has 0 bridgehead atoms. The Labute approximate surface area is 76.5 Å². The van der Waals surface area contributed by atoms with Crippen molar-refractivity contribution in [2.45, 2.75) is 44.4 Å². The highest BCUT2D eigenvalue weighted by Gasteiger charge is 2.49. The largest absolute Gasteiger partial charge is 0.303 e. The third kappa shape index (κ3) is 1.61. The molecule has 3 heteroatoms. The lowest BCUT2D eigenvalue weighted by Crippen LogP contribution is -2.43. The highest BCUT2D eigenvalue weighted by atomic mass is 19.3. The predicted molar refractivity (Wildman–Crippen MR) is 44.6 cm³/mol. The van der Waals surface area contributed by atoms with Crippen LogP contribution in [0, 0.1) is 11.3 Å². The van der Waals surface area contributed by atoms with Gasteiger partial charge < -0.3 is 4.79 Å². The van der Waals surface area contributed by atoms with Crippen molar-refractivity contribution in [1.82, 2.24) is 0 Å². The van der Waals surface area contributed by atoms with Crippen molar-refractivity contribution in [3.63, 3.8) is 0 Å². The Bertz CT molecular complexity index is 207. The van der Waals surface area contributed by atoms with Crippen LogP contribution in [-0.2, 0) is 4.79 Å². The van der Waals surface area contributed by atoms with Gasteiger partial charge in [-0.3, -0.25) is 0 Å². The maximum atomic E-state index is 12.8. The van der Waals surface area contributed by atoms with Crippen LogP contribution in [0.1, 0.15) is 38.5 Å². The number of rotatable bonds is 1. The van der Waals surface area contributed by atoms with Crippen molar-refractivity contribution in [2.24, 2.45) is 11.3 Å². The van der Waals surface area contributed by atoms with Gasteiger partial charge in [0.25, 0.3) is 0 Å². The summed E-state index contributed by atoms with van der Waals surface area (Å²) in [5, 5.41) is 0. The standard InChI is InChI=1S/C10H14F2O/c11-10(12)3-1-9(2-4-10)5-8(6-9)7-13/h7-8H,1-6H2. The number of hydrogen-bond donors (Lipinski definition) is 0. The summed E-state index contributed by atoms with van der Waals surface area (Å²) < 4.78 is 25.6. The number of hydrogen-bond acceptors (Lipinski definition) is 1. The van der Waals surface area contributed by atoms with Gasteiger partial charge in [0.05, 0.1) is 0 Å². The number of carbonyl (C=O) groups is 1. The van der Waals surface area contributed by atoms with Crippen LogP contribution in [0.5, 0.6) is 0 Å². The average Bonchev–Trinajstić information content (AvgIpc) is 2.01. The Morgan fingerprint density at radius 2 is 1.62 bits per heavy atom. The Hall–Kier alpha value is -0.470. The van der Waals surface area contributed by atoms with Crippen LogP contribution < -0.4 is 0 Å². The number of aldehydes is 1. The van der Waals surface area contributed by atoms with Crippen molar-refractivity contribution in [3.05, 3.63) is 0 Å². The molecule has 2 aliphatic carbocycles. The molecule has 74 valence electrons. The molecular weight excluding hydrogens is 174 g/mol. The summed E-state index contributed by atoms with van der Waals surface area (Å²) >= 11 is 0. The lowest BCUT2D eigenvalue weighted by atomic mass is 9.56. The molecule has 2 rings (SSSR count).